The first-order valence-corrected chi connectivity index (χ1v) is 11.8. The maximum absolute atomic E-state index is 13.9. The third-order valence-electron chi connectivity index (χ3n) is 6.53. The van der Waals surface area contributed by atoms with Crippen LogP contribution in [0.25, 0.3) is 27.6 Å². The highest BCUT2D eigenvalue weighted by Gasteiger charge is 2.22. The van der Waals surface area contributed by atoms with E-state index in [0.29, 0.717) is 22.4 Å². The van der Waals surface area contributed by atoms with E-state index >= 15 is 0 Å². The van der Waals surface area contributed by atoms with E-state index in [9.17, 15) is 14.4 Å². The highest BCUT2D eigenvalue weighted by Crippen LogP contribution is 2.27. The van der Waals surface area contributed by atoms with Gasteiger partial charge in [-0.2, -0.15) is 0 Å². The second-order valence-electron chi connectivity index (χ2n) is 9.55. The van der Waals surface area contributed by atoms with Crippen molar-refractivity contribution in [3.8, 4) is 5.69 Å². The molecule has 0 aliphatic heterocycles. The van der Waals surface area contributed by atoms with Gasteiger partial charge < -0.3 is 9.88 Å². The fourth-order valence-corrected chi connectivity index (χ4v) is 4.93. The van der Waals surface area contributed by atoms with Gasteiger partial charge in [-0.25, -0.2) is 9.36 Å². The zero-order valence-corrected chi connectivity index (χ0v) is 21.0. The summed E-state index contributed by atoms with van der Waals surface area (Å²) in [7, 11) is 1.81. The molecule has 7 heteroatoms. The normalized spacial score (nSPS) is 11.4. The third-order valence-corrected chi connectivity index (χ3v) is 6.53. The number of nitrogens with zero attached hydrogens (tertiary/aromatic N) is 3. The maximum Gasteiger partial charge on any atom is 0.336 e. The van der Waals surface area contributed by atoms with E-state index in [1.807, 2.05) is 83.3 Å². The minimum absolute atomic E-state index is 0.235. The average Bonchev–Trinajstić information content (AvgIpc) is 3.09. The number of carbonyl (C=O) groups is 1. The first-order valence-electron chi connectivity index (χ1n) is 11.8. The predicted octanol–water partition coefficient (Wildman–Crippen LogP) is 4.52. The van der Waals surface area contributed by atoms with Crippen LogP contribution in [0.2, 0.25) is 0 Å². The number of carbonyl (C=O) groups excluding carboxylic acids is 1. The van der Waals surface area contributed by atoms with E-state index in [0.717, 1.165) is 37.7 Å². The van der Waals surface area contributed by atoms with Crippen LogP contribution in [0.3, 0.4) is 0 Å². The van der Waals surface area contributed by atoms with Crippen LogP contribution in [0.1, 0.15) is 22.3 Å². The quantitative estimate of drug-likeness (QED) is 0.411. The molecule has 0 spiro atoms. The topological polar surface area (TPSA) is 78.0 Å². The molecule has 7 nitrogen and oxygen atoms in total. The highest BCUT2D eigenvalue weighted by molar-refractivity contribution is 6.06. The summed E-state index contributed by atoms with van der Waals surface area (Å²) < 4.78 is 4.36. The van der Waals surface area contributed by atoms with Gasteiger partial charge in [0.25, 0.3) is 5.56 Å². The number of anilines is 1. The standard InChI is InChI=1S/C29H28N4O3/c1-17-6-9-22(10-7-17)33-28(35)27-26(23-15-18(2)8-11-24(23)31(27)5)32(29(33)36)16-25(34)30-21-13-19(3)12-20(4)14-21/h6-15H,16H2,1-5H3,(H,30,34). The van der Waals surface area contributed by atoms with Gasteiger partial charge in [-0.15, -0.1) is 0 Å². The smallest absolute Gasteiger partial charge is 0.336 e. The number of rotatable bonds is 4. The van der Waals surface area contributed by atoms with E-state index in [-0.39, 0.29) is 12.5 Å². The van der Waals surface area contributed by atoms with Gasteiger partial charge in [0.2, 0.25) is 5.91 Å². The van der Waals surface area contributed by atoms with Crippen LogP contribution in [-0.2, 0) is 18.4 Å². The van der Waals surface area contributed by atoms with E-state index < -0.39 is 11.2 Å². The number of nitrogens with one attached hydrogen (secondary N) is 1. The van der Waals surface area contributed by atoms with Crippen molar-refractivity contribution < 1.29 is 4.79 Å². The number of hydrogen-bond donors (Lipinski definition) is 1. The van der Waals surface area contributed by atoms with Gasteiger partial charge in [0.15, 0.2) is 0 Å². The molecule has 1 amide bonds. The lowest BCUT2D eigenvalue weighted by Crippen LogP contribution is -2.41. The Bertz CT molecular complexity index is 1770. The van der Waals surface area contributed by atoms with Crippen LogP contribution < -0.4 is 16.6 Å². The molecule has 0 atom stereocenters. The number of amides is 1. The van der Waals surface area contributed by atoms with Crippen molar-refractivity contribution in [1.82, 2.24) is 13.7 Å². The summed E-state index contributed by atoms with van der Waals surface area (Å²) in [6, 6.07) is 18.9. The summed E-state index contributed by atoms with van der Waals surface area (Å²) in [6.45, 7) is 7.60. The van der Waals surface area contributed by atoms with Crippen molar-refractivity contribution >= 4 is 33.5 Å². The molecule has 0 unspecified atom stereocenters. The minimum atomic E-state index is -0.555. The lowest BCUT2D eigenvalue weighted by atomic mass is 10.1. The summed E-state index contributed by atoms with van der Waals surface area (Å²) in [5.41, 5.74) is 5.88. The molecule has 36 heavy (non-hydrogen) atoms. The highest BCUT2D eigenvalue weighted by atomic mass is 16.2. The van der Waals surface area contributed by atoms with Crippen molar-refractivity contribution in [2.45, 2.75) is 34.2 Å². The Morgan fingerprint density at radius 2 is 1.42 bits per heavy atom. The molecular formula is C29H28N4O3. The van der Waals surface area contributed by atoms with Crippen LogP contribution in [0, 0.1) is 27.7 Å². The molecule has 0 radical (unpaired) electrons. The Hall–Kier alpha value is -4.39. The van der Waals surface area contributed by atoms with Gasteiger partial charge in [-0.3, -0.25) is 14.2 Å². The van der Waals surface area contributed by atoms with Crippen molar-refractivity contribution in [2.75, 3.05) is 5.32 Å². The summed E-state index contributed by atoms with van der Waals surface area (Å²) >= 11 is 0. The summed E-state index contributed by atoms with van der Waals surface area (Å²) in [4.78, 5) is 40.8. The Kier molecular flexibility index (Phi) is 5.63. The van der Waals surface area contributed by atoms with Gasteiger partial charge in [-0.05, 0) is 75.2 Å². The second-order valence-corrected chi connectivity index (χ2v) is 9.55. The summed E-state index contributed by atoms with van der Waals surface area (Å²) in [6.07, 6.45) is 0. The fourth-order valence-electron chi connectivity index (χ4n) is 4.93. The second kappa shape index (κ2) is 8.68. The van der Waals surface area contributed by atoms with Gasteiger partial charge in [0.1, 0.15) is 12.1 Å². The average molecular weight is 481 g/mol. The largest absolute Gasteiger partial charge is 0.338 e. The zero-order valence-electron chi connectivity index (χ0n) is 21.0. The zero-order chi connectivity index (χ0) is 25.7. The lowest BCUT2D eigenvalue weighted by molar-refractivity contribution is -0.116. The molecule has 2 heterocycles. The number of aromatic nitrogens is 3. The van der Waals surface area contributed by atoms with Gasteiger partial charge in [0, 0.05) is 18.1 Å². The Morgan fingerprint density at radius 3 is 2.08 bits per heavy atom. The van der Waals surface area contributed by atoms with Crippen LogP contribution in [0.4, 0.5) is 5.69 Å². The molecule has 182 valence electrons. The first-order chi connectivity index (χ1) is 17.1. The van der Waals surface area contributed by atoms with Gasteiger partial charge in [-0.1, -0.05) is 35.4 Å². The minimum Gasteiger partial charge on any atom is -0.338 e. The Balaban J connectivity index is 1.76. The molecule has 5 aromatic rings. The molecule has 3 aromatic carbocycles. The van der Waals surface area contributed by atoms with Crippen LogP contribution in [-0.4, -0.2) is 19.6 Å². The molecule has 0 saturated heterocycles. The number of aryl methyl sites for hydroxylation is 5. The van der Waals surface area contributed by atoms with Crippen molar-refractivity contribution in [3.63, 3.8) is 0 Å². The molecule has 5 rings (SSSR count). The maximum atomic E-state index is 13.9. The van der Waals surface area contributed by atoms with E-state index in [4.69, 9.17) is 0 Å². The third kappa shape index (κ3) is 3.92. The SMILES string of the molecule is Cc1ccc(-n2c(=O)c3c(c4cc(C)ccc4n3C)n(CC(=O)Nc3cc(C)cc(C)c3)c2=O)cc1. The molecular weight excluding hydrogens is 452 g/mol. The summed E-state index contributed by atoms with van der Waals surface area (Å²) in [5.74, 6) is -0.345. The van der Waals surface area contributed by atoms with Gasteiger partial charge >= 0.3 is 5.69 Å². The Labute approximate surface area is 208 Å². The van der Waals surface area contributed by atoms with Crippen molar-refractivity contribution in [2.24, 2.45) is 7.05 Å². The molecule has 0 bridgehead atoms. The van der Waals surface area contributed by atoms with Crippen LogP contribution in [0.5, 0.6) is 0 Å². The molecule has 0 fully saturated rings. The van der Waals surface area contributed by atoms with E-state index in [1.165, 1.54) is 4.57 Å². The predicted molar refractivity (Wildman–Crippen MR) is 144 cm³/mol. The van der Waals surface area contributed by atoms with Gasteiger partial charge in [0.05, 0.1) is 16.7 Å². The molecule has 0 aliphatic rings. The molecule has 0 saturated carbocycles. The van der Waals surface area contributed by atoms with Crippen molar-refractivity contribution in [1.29, 1.82) is 0 Å². The van der Waals surface area contributed by atoms with E-state index in [1.54, 1.807) is 16.7 Å². The number of benzene rings is 3. The van der Waals surface area contributed by atoms with Crippen LogP contribution in [0.15, 0.2) is 70.3 Å². The first kappa shape index (κ1) is 23.4. The van der Waals surface area contributed by atoms with Crippen molar-refractivity contribution in [3.05, 3.63) is 104 Å². The summed E-state index contributed by atoms with van der Waals surface area (Å²) in [5, 5.41) is 3.68. The van der Waals surface area contributed by atoms with Crippen LogP contribution >= 0.6 is 0 Å². The lowest BCUT2D eigenvalue weighted by Gasteiger charge is -2.14. The Morgan fingerprint density at radius 1 is 0.778 bits per heavy atom. The van der Waals surface area contributed by atoms with E-state index in [2.05, 4.69) is 5.32 Å². The molecule has 2 aromatic heterocycles. The fraction of sp³-hybridized carbons (Fsp3) is 0.207. The molecule has 1 N–H and O–H groups in total. The molecule has 0 aliphatic carbocycles. The number of hydrogen-bond acceptors (Lipinski definition) is 3. The number of fused-ring (bicyclic) bond motifs is 3. The monoisotopic (exact) mass is 480 g/mol.